The largest absolute Gasteiger partial charge is 0.379 e. The molecule has 2 heterocycles. The normalized spacial score (nSPS) is 15.9. The summed E-state index contributed by atoms with van der Waals surface area (Å²) in [6.07, 6.45) is 0. The van der Waals surface area contributed by atoms with Gasteiger partial charge in [0.1, 0.15) is 4.90 Å². The van der Waals surface area contributed by atoms with Crippen LogP contribution in [0, 0.1) is 6.92 Å². The third-order valence-electron chi connectivity index (χ3n) is 5.30. The summed E-state index contributed by atoms with van der Waals surface area (Å²) in [5.74, 6) is -0.376. The Morgan fingerprint density at radius 2 is 1.84 bits per heavy atom. The van der Waals surface area contributed by atoms with E-state index >= 15 is 0 Å². The zero-order valence-corrected chi connectivity index (χ0v) is 19.8. The van der Waals surface area contributed by atoms with Crippen LogP contribution >= 0.6 is 22.9 Å². The number of carbonyl (C=O) groups excluding carboxylic acids is 1. The molecule has 6 nitrogen and oxygen atoms in total. The number of hydrogen-bond donors (Lipinski definition) is 1. The van der Waals surface area contributed by atoms with Crippen LogP contribution < -0.4 is 5.32 Å². The Morgan fingerprint density at radius 1 is 1.12 bits per heavy atom. The fourth-order valence-electron chi connectivity index (χ4n) is 3.52. The van der Waals surface area contributed by atoms with Crippen LogP contribution in [0.4, 0.5) is 0 Å². The maximum absolute atomic E-state index is 13.2. The maximum atomic E-state index is 13.2. The molecular weight excluding hydrogens is 468 g/mol. The second-order valence-electron chi connectivity index (χ2n) is 7.49. The van der Waals surface area contributed by atoms with Gasteiger partial charge in [-0.1, -0.05) is 47.5 Å². The molecule has 1 amide bonds. The summed E-state index contributed by atoms with van der Waals surface area (Å²) in [6.45, 7) is 3.17. The smallest absolute Gasteiger partial charge is 0.252 e. The lowest BCUT2D eigenvalue weighted by Gasteiger charge is -2.26. The molecule has 1 aromatic heterocycles. The quantitative estimate of drug-likeness (QED) is 0.560. The molecule has 4 rings (SSSR count). The lowest BCUT2D eigenvalue weighted by atomic mass is 10.0. The number of sulfonamides is 1. The molecule has 0 saturated carbocycles. The van der Waals surface area contributed by atoms with E-state index in [9.17, 15) is 13.2 Å². The van der Waals surface area contributed by atoms with Crippen LogP contribution in [-0.2, 0) is 14.8 Å². The van der Waals surface area contributed by atoms with Crippen molar-refractivity contribution in [2.75, 3.05) is 26.3 Å². The fourth-order valence-corrected chi connectivity index (χ4v) is 6.23. The molecule has 2 aromatic carbocycles. The molecule has 3 aromatic rings. The number of carbonyl (C=O) groups is 1. The number of nitrogens with one attached hydrogen (secondary N) is 1. The Hall–Kier alpha value is -2.23. The number of morpholine rings is 1. The van der Waals surface area contributed by atoms with Gasteiger partial charge in [0, 0.05) is 23.5 Å². The standard InChI is InChI=1S/C23H23ClN2O4S2/c1-16-4-6-17(7-5-16)22(20-3-2-14-31-20)25-23(27)18-8-9-19(24)21(15-18)32(28,29)26-10-12-30-13-11-26/h2-9,14-15,22H,10-13H2,1H3,(H,25,27)/t22-/m0/s1. The summed E-state index contributed by atoms with van der Waals surface area (Å²) in [6, 6.07) is 15.9. The van der Waals surface area contributed by atoms with Crippen LogP contribution in [0.5, 0.6) is 0 Å². The predicted molar refractivity (Wildman–Crippen MR) is 126 cm³/mol. The summed E-state index contributed by atoms with van der Waals surface area (Å²) >= 11 is 7.78. The Labute approximate surface area is 196 Å². The van der Waals surface area contributed by atoms with E-state index in [1.165, 1.54) is 22.5 Å². The van der Waals surface area contributed by atoms with E-state index in [1.807, 2.05) is 48.7 Å². The fraction of sp³-hybridized carbons (Fsp3) is 0.261. The first kappa shape index (κ1) is 22.9. The van der Waals surface area contributed by atoms with Gasteiger partial charge in [0.2, 0.25) is 10.0 Å². The summed E-state index contributed by atoms with van der Waals surface area (Å²) < 4.78 is 32.8. The number of hydrogen-bond acceptors (Lipinski definition) is 5. The lowest BCUT2D eigenvalue weighted by molar-refractivity contribution is 0.0730. The topological polar surface area (TPSA) is 75.7 Å². The second kappa shape index (κ2) is 9.72. The van der Waals surface area contributed by atoms with Crippen molar-refractivity contribution in [3.05, 3.63) is 86.6 Å². The van der Waals surface area contributed by atoms with E-state index in [2.05, 4.69) is 5.32 Å². The molecule has 1 aliphatic heterocycles. The zero-order valence-electron chi connectivity index (χ0n) is 17.5. The summed E-state index contributed by atoms with van der Waals surface area (Å²) in [5.41, 5.74) is 2.30. The average Bonchev–Trinajstić information content (AvgIpc) is 3.33. The van der Waals surface area contributed by atoms with Gasteiger partial charge in [-0.3, -0.25) is 4.79 Å². The highest BCUT2D eigenvalue weighted by Crippen LogP contribution is 2.29. The first-order valence-corrected chi connectivity index (χ1v) is 12.8. The number of rotatable bonds is 6. The van der Waals surface area contributed by atoms with Crippen molar-refractivity contribution >= 4 is 38.9 Å². The summed E-state index contributed by atoms with van der Waals surface area (Å²) in [5, 5.41) is 5.09. The molecule has 1 saturated heterocycles. The van der Waals surface area contributed by atoms with Gasteiger partial charge in [0.25, 0.3) is 5.91 Å². The monoisotopic (exact) mass is 490 g/mol. The number of benzene rings is 2. The molecule has 32 heavy (non-hydrogen) atoms. The molecule has 1 fully saturated rings. The molecule has 0 unspecified atom stereocenters. The van der Waals surface area contributed by atoms with Gasteiger partial charge in [0.15, 0.2) is 0 Å². The maximum Gasteiger partial charge on any atom is 0.252 e. The summed E-state index contributed by atoms with van der Waals surface area (Å²) in [4.78, 5) is 14.1. The van der Waals surface area contributed by atoms with Crippen molar-refractivity contribution in [1.82, 2.24) is 9.62 Å². The van der Waals surface area contributed by atoms with E-state index in [0.29, 0.717) is 13.2 Å². The Morgan fingerprint density at radius 3 is 2.50 bits per heavy atom. The minimum Gasteiger partial charge on any atom is -0.379 e. The van der Waals surface area contributed by atoms with Crippen LogP contribution in [0.15, 0.2) is 64.9 Å². The van der Waals surface area contributed by atoms with E-state index in [1.54, 1.807) is 11.3 Å². The van der Waals surface area contributed by atoms with E-state index < -0.39 is 10.0 Å². The van der Waals surface area contributed by atoms with E-state index in [-0.39, 0.29) is 40.5 Å². The molecule has 1 N–H and O–H groups in total. The van der Waals surface area contributed by atoms with Crippen molar-refractivity contribution in [3.63, 3.8) is 0 Å². The molecule has 0 bridgehead atoms. The SMILES string of the molecule is Cc1ccc([C@H](NC(=O)c2ccc(Cl)c(S(=O)(=O)N3CCOCC3)c2)c2cccs2)cc1. The van der Waals surface area contributed by atoms with Crippen LogP contribution in [0.25, 0.3) is 0 Å². The van der Waals surface area contributed by atoms with Crippen molar-refractivity contribution in [2.24, 2.45) is 0 Å². The number of halogens is 1. The molecule has 0 radical (unpaired) electrons. The minimum absolute atomic E-state index is 0.0725. The number of ether oxygens (including phenoxy) is 1. The average molecular weight is 491 g/mol. The van der Waals surface area contributed by atoms with E-state index in [0.717, 1.165) is 16.0 Å². The first-order chi connectivity index (χ1) is 15.4. The lowest BCUT2D eigenvalue weighted by Crippen LogP contribution is -2.40. The van der Waals surface area contributed by atoms with E-state index in [4.69, 9.17) is 16.3 Å². The highest BCUT2D eigenvalue weighted by Gasteiger charge is 2.29. The summed E-state index contributed by atoms with van der Waals surface area (Å²) in [7, 11) is -3.83. The first-order valence-electron chi connectivity index (χ1n) is 10.1. The molecule has 1 atom stereocenters. The highest BCUT2D eigenvalue weighted by atomic mass is 35.5. The molecular formula is C23H23ClN2O4S2. The van der Waals surface area contributed by atoms with Gasteiger partial charge in [-0.2, -0.15) is 4.31 Å². The van der Waals surface area contributed by atoms with Gasteiger partial charge in [-0.15, -0.1) is 11.3 Å². The van der Waals surface area contributed by atoms with Crippen molar-refractivity contribution < 1.29 is 17.9 Å². The Bertz CT molecular complexity index is 1190. The Kier molecular flexibility index (Phi) is 6.97. The van der Waals surface area contributed by atoms with Crippen molar-refractivity contribution in [1.29, 1.82) is 0 Å². The van der Waals surface area contributed by atoms with Crippen LogP contribution in [-0.4, -0.2) is 44.9 Å². The number of aryl methyl sites for hydroxylation is 1. The van der Waals surface area contributed by atoms with Gasteiger partial charge >= 0.3 is 0 Å². The number of nitrogens with zero attached hydrogens (tertiary/aromatic N) is 1. The van der Waals surface area contributed by atoms with Crippen molar-refractivity contribution in [3.8, 4) is 0 Å². The molecule has 0 spiro atoms. The third kappa shape index (κ3) is 4.89. The zero-order chi connectivity index (χ0) is 22.7. The van der Waals surface area contributed by atoms with Crippen LogP contribution in [0.1, 0.15) is 32.4 Å². The number of amides is 1. The van der Waals surface area contributed by atoms with Crippen LogP contribution in [0.3, 0.4) is 0 Å². The predicted octanol–water partition coefficient (Wildman–Crippen LogP) is 4.25. The van der Waals surface area contributed by atoms with Crippen molar-refractivity contribution in [2.45, 2.75) is 17.9 Å². The minimum atomic E-state index is -3.83. The molecule has 0 aliphatic carbocycles. The highest BCUT2D eigenvalue weighted by molar-refractivity contribution is 7.89. The third-order valence-corrected chi connectivity index (χ3v) is 8.61. The van der Waals surface area contributed by atoms with Gasteiger partial charge in [0.05, 0.1) is 24.3 Å². The van der Waals surface area contributed by atoms with Gasteiger partial charge in [-0.05, 0) is 42.1 Å². The Balaban J connectivity index is 1.63. The molecule has 9 heteroatoms. The van der Waals surface area contributed by atoms with Crippen LogP contribution in [0.2, 0.25) is 5.02 Å². The van der Waals surface area contributed by atoms with Gasteiger partial charge < -0.3 is 10.1 Å². The second-order valence-corrected chi connectivity index (χ2v) is 10.8. The molecule has 168 valence electrons. The van der Waals surface area contributed by atoms with Gasteiger partial charge in [-0.25, -0.2) is 8.42 Å². The molecule has 1 aliphatic rings. The number of thiophene rings is 1.